The average Bonchev–Trinajstić information content (AvgIpc) is 3.07. The third-order valence-electron chi connectivity index (χ3n) is 8.29. The van der Waals surface area contributed by atoms with Crippen LogP contribution in [-0.2, 0) is 17.1 Å². The minimum absolute atomic E-state index is 0.0255. The zero-order valence-electron chi connectivity index (χ0n) is 31.6. The molecule has 0 aliphatic rings. The molecule has 2 aromatic carbocycles. The Balaban J connectivity index is 0.000000380. The van der Waals surface area contributed by atoms with E-state index in [0.717, 1.165) is 24.3 Å². The fourth-order valence-electron chi connectivity index (χ4n) is 5.09. The minimum Gasteiger partial charge on any atom is -0.387 e. The standard InChI is InChI=1S/C19H26F4N4O.C18H20F4N4O/c1-11(2)16(13-6-8-14(9-7-13)19(21,22)23)27-26-15(10-20)18(4,5)17(28)25-12(3)24;1-9(2)15(11-4-6-12(7-5-11)18(20,21)22)26-16-14(13(23)8-19)17(27)25-10(3)24-16/h6-9,11,16,27H,10H2,1-5H3,(H2,24,25,28);4-7,9,15,23H,8H2,1-3H3,(H2,24,25,26,27)/b26-15-;. The van der Waals surface area contributed by atoms with E-state index in [9.17, 15) is 44.7 Å². The molecule has 0 aliphatic heterocycles. The molecular formula is C37H46F8N8O2. The van der Waals surface area contributed by atoms with Crippen molar-refractivity contribution in [2.75, 3.05) is 18.7 Å². The molecule has 0 radical (unpaired) electrons. The van der Waals surface area contributed by atoms with Crippen molar-refractivity contribution in [2.45, 2.75) is 79.8 Å². The molecule has 10 nitrogen and oxygen atoms in total. The number of aromatic amines is 1. The Morgan fingerprint density at radius 2 is 1.31 bits per heavy atom. The van der Waals surface area contributed by atoms with Crippen molar-refractivity contribution < 1.29 is 39.9 Å². The quantitative estimate of drug-likeness (QED) is 0.0506. The van der Waals surface area contributed by atoms with Crippen molar-refractivity contribution in [1.82, 2.24) is 15.4 Å². The van der Waals surface area contributed by atoms with Gasteiger partial charge in [-0.25, -0.2) is 18.8 Å². The van der Waals surface area contributed by atoms with Gasteiger partial charge in [0.05, 0.1) is 45.9 Å². The molecule has 6 N–H and O–H groups in total. The molecule has 0 bridgehead atoms. The van der Waals surface area contributed by atoms with Crippen molar-refractivity contribution in [1.29, 1.82) is 5.41 Å². The summed E-state index contributed by atoms with van der Waals surface area (Å²) in [5.41, 5.74) is 4.98. The average molecular weight is 787 g/mol. The lowest BCUT2D eigenvalue weighted by Crippen LogP contribution is -2.37. The van der Waals surface area contributed by atoms with Gasteiger partial charge in [0, 0.05) is 0 Å². The number of halogens is 8. The molecule has 0 fully saturated rings. The largest absolute Gasteiger partial charge is 0.416 e. The third-order valence-corrected chi connectivity index (χ3v) is 8.29. The van der Waals surface area contributed by atoms with Gasteiger partial charge in [-0.1, -0.05) is 52.0 Å². The van der Waals surface area contributed by atoms with E-state index < -0.39 is 71.5 Å². The summed E-state index contributed by atoms with van der Waals surface area (Å²) in [5, 5.41) is 14.7. The van der Waals surface area contributed by atoms with E-state index in [1.165, 1.54) is 52.0 Å². The first-order chi connectivity index (χ1) is 25.3. The first kappa shape index (κ1) is 46.0. The van der Waals surface area contributed by atoms with Crippen LogP contribution in [0.1, 0.15) is 94.2 Å². The van der Waals surface area contributed by atoms with Crippen molar-refractivity contribution in [2.24, 2.45) is 33.1 Å². The van der Waals surface area contributed by atoms with E-state index in [4.69, 9.17) is 11.1 Å². The summed E-state index contributed by atoms with van der Waals surface area (Å²) in [7, 11) is 0. The number of carbonyl (C=O) groups is 1. The summed E-state index contributed by atoms with van der Waals surface area (Å²) in [6.45, 7) is 11.2. The summed E-state index contributed by atoms with van der Waals surface area (Å²) < 4.78 is 103. The summed E-state index contributed by atoms with van der Waals surface area (Å²) >= 11 is 0. The molecule has 1 aromatic heterocycles. The molecule has 0 aliphatic carbocycles. The van der Waals surface area contributed by atoms with Gasteiger partial charge in [-0.3, -0.25) is 9.59 Å². The van der Waals surface area contributed by atoms with Crippen molar-refractivity contribution in [3.05, 3.63) is 92.5 Å². The van der Waals surface area contributed by atoms with Gasteiger partial charge in [0.2, 0.25) is 0 Å². The van der Waals surface area contributed by atoms with E-state index in [0.29, 0.717) is 11.1 Å². The molecule has 0 saturated carbocycles. The Labute approximate surface area is 313 Å². The van der Waals surface area contributed by atoms with Gasteiger partial charge < -0.3 is 26.9 Å². The zero-order chi connectivity index (χ0) is 42.1. The van der Waals surface area contributed by atoms with Crippen LogP contribution in [0.3, 0.4) is 0 Å². The number of hydrogen-bond acceptors (Lipinski definition) is 7. The third kappa shape index (κ3) is 12.7. The second-order valence-corrected chi connectivity index (χ2v) is 13.8. The topological polar surface area (TPSA) is 161 Å². The van der Waals surface area contributed by atoms with Crippen LogP contribution in [0.5, 0.6) is 0 Å². The Hall–Kier alpha value is -5.16. The number of nitrogens with one attached hydrogen (secondary N) is 4. The fourth-order valence-corrected chi connectivity index (χ4v) is 5.09. The number of aliphatic imine (C=N–C) groups is 1. The van der Waals surface area contributed by atoms with Crippen LogP contribution < -0.4 is 22.0 Å². The molecule has 1 heterocycles. The fraction of sp³-hybridized carbons (Fsp3) is 0.459. The van der Waals surface area contributed by atoms with Crippen LogP contribution >= 0.6 is 0 Å². The number of hydrazone groups is 1. The molecule has 3 aromatic rings. The van der Waals surface area contributed by atoms with E-state index in [-0.39, 0.29) is 40.6 Å². The predicted molar refractivity (Wildman–Crippen MR) is 197 cm³/mol. The first-order valence-electron chi connectivity index (χ1n) is 16.9. The molecule has 1 amide bonds. The van der Waals surface area contributed by atoms with Crippen LogP contribution in [-0.4, -0.2) is 46.5 Å². The number of H-pyrrole nitrogens is 1. The van der Waals surface area contributed by atoms with Gasteiger partial charge in [0.15, 0.2) is 0 Å². The zero-order valence-corrected chi connectivity index (χ0v) is 31.6. The Kier molecular flexibility index (Phi) is 15.8. The Morgan fingerprint density at radius 1 is 0.855 bits per heavy atom. The smallest absolute Gasteiger partial charge is 0.387 e. The number of aromatic nitrogens is 2. The van der Waals surface area contributed by atoms with E-state index >= 15 is 0 Å². The number of hydrogen-bond donors (Lipinski definition) is 5. The maximum Gasteiger partial charge on any atom is 0.416 e. The van der Waals surface area contributed by atoms with Crippen LogP contribution in [0, 0.1) is 29.6 Å². The van der Waals surface area contributed by atoms with Crippen LogP contribution in [0.25, 0.3) is 0 Å². The highest BCUT2D eigenvalue weighted by Crippen LogP contribution is 2.33. The van der Waals surface area contributed by atoms with Gasteiger partial charge in [-0.2, -0.15) is 31.4 Å². The predicted octanol–water partition coefficient (Wildman–Crippen LogP) is 8.49. The lowest BCUT2D eigenvalue weighted by Gasteiger charge is -2.25. The number of anilines is 1. The van der Waals surface area contributed by atoms with Gasteiger partial charge in [0.1, 0.15) is 30.6 Å². The second-order valence-electron chi connectivity index (χ2n) is 13.8. The number of benzene rings is 2. The number of aryl methyl sites for hydroxylation is 1. The Morgan fingerprint density at radius 3 is 1.69 bits per heavy atom. The molecule has 2 atom stereocenters. The highest BCUT2D eigenvalue weighted by molar-refractivity contribution is 6.11. The summed E-state index contributed by atoms with van der Waals surface area (Å²) in [4.78, 5) is 34.6. The number of amidine groups is 1. The van der Waals surface area contributed by atoms with Gasteiger partial charge in [-0.05, 0) is 74.9 Å². The molecule has 0 spiro atoms. The molecular weight excluding hydrogens is 740 g/mol. The summed E-state index contributed by atoms with van der Waals surface area (Å²) in [6, 6.07) is 8.35. The highest BCUT2D eigenvalue weighted by atomic mass is 19.4. The monoisotopic (exact) mass is 786 g/mol. The van der Waals surface area contributed by atoms with E-state index in [2.05, 4.69) is 30.8 Å². The van der Waals surface area contributed by atoms with Gasteiger partial charge in [-0.15, -0.1) is 0 Å². The molecule has 55 heavy (non-hydrogen) atoms. The number of nitrogens with two attached hydrogens (primary N) is 1. The van der Waals surface area contributed by atoms with E-state index in [1.54, 1.807) is 0 Å². The first-order valence-corrected chi connectivity index (χ1v) is 16.9. The van der Waals surface area contributed by atoms with Crippen molar-refractivity contribution >= 4 is 29.0 Å². The summed E-state index contributed by atoms with van der Waals surface area (Å²) in [5.74, 6) is -0.444. The van der Waals surface area contributed by atoms with E-state index in [1.807, 2.05) is 27.7 Å². The lowest BCUT2D eigenvalue weighted by molar-refractivity contribution is -0.138. The molecule has 3 rings (SSSR count). The second kappa shape index (κ2) is 18.9. The molecule has 18 heteroatoms. The van der Waals surface area contributed by atoms with Crippen molar-refractivity contribution in [3.8, 4) is 0 Å². The van der Waals surface area contributed by atoms with Crippen LogP contribution in [0.15, 0.2) is 63.4 Å². The maximum atomic E-state index is 13.6. The number of rotatable bonds is 13. The highest BCUT2D eigenvalue weighted by Gasteiger charge is 2.35. The normalized spacial score (nSPS) is 13.9. The van der Waals surface area contributed by atoms with Crippen LogP contribution in [0.4, 0.5) is 40.9 Å². The lowest BCUT2D eigenvalue weighted by atomic mass is 9.87. The number of alkyl halides is 8. The van der Waals surface area contributed by atoms with Crippen LogP contribution in [0.2, 0.25) is 0 Å². The molecule has 302 valence electrons. The molecule has 2 unspecified atom stereocenters. The summed E-state index contributed by atoms with van der Waals surface area (Å²) in [6.07, 6.45) is -8.86. The minimum atomic E-state index is -4.44. The number of carbonyl (C=O) groups excluding carboxylic acids is 1. The maximum absolute atomic E-state index is 13.6. The van der Waals surface area contributed by atoms with Gasteiger partial charge >= 0.3 is 12.4 Å². The number of nitrogens with zero attached hydrogens (tertiary/aromatic N) is 3. The number of amides is 1. The Bertz CT molecular complexity index is 1880. The van der Waals surface area contributed by atoms with Gasteiger partial charge in [0.25, 0.3) is 11.5 Å². The molecule has 0 saturated heterocycles. The SMILES string of the molecule is CC(N)=NC(=O)C(C)(C)/C(CF)=N\NC(c1ccc(C(F)(F)F)cc1)C(C)C.Cc1nc(NC(c2ccc(C(F)(F)F)cc2)C(C)C)c(C(=N)CF)c(=O)[nH]1. The van der Waals surface area contributed by atoms with Crippen molar-refractivity contribution in [3.63, 3.8) is 0 Å².